The van der Waals surface area contributed by atoms with E-state index in [-0.39, 0.29) is 6.04 Å². The standard InChI is InChI=1S/C15H18N6/c1-21-11(8-9-18-21)6-7-14(20-16)15-10-17-12-4-2-3-5-13(12)19-15/h2-5,8-10,14,20H,6-7,16H2,1H3. The normalized spacial score (nSPS) is 12.7. The van der Waals surface area contributed by atoms with Crippen molar-refractivity contribution >= 4 is 11.0 Å². The summed E-state index contributed by atoms with van der Waals surface area (Å²) in [4.78, 5) is 9.08. The highest BCUT2D eigenvalue weighted by molar-refractivity contribution is 5.73. The Balaban J connectivity index is 1.79. The van der Waals surface area contributed by atoms with Crippen molar-refractivity contribution in [2.75, 3.05) is 0 Å². The molecule has 6 heteroatoms. The van der Waals surface area contributed by atoms with E-state index in [0.29, 0.717) is 0 Å². The van der Waals surface area contributed by atoms with E-state index in [4.69, 9.17) is 5.84 Å². The molecular formula is C15H18N6. The van der Waals surface area contributed by atoms with Crippen molar-refractivity contribution in [2.24, 2.45) is 12.9 Å². The SMILES string of the molecule is Cn1nccc1CCC(NN)c1cnc2ccccc2n1. The molecule has 0 aliphatic heterocycles. The molecule has 3 N–H and O–H groups in total. The number of nitrogens with two attached hydrogens (primary N) is 1. The summed E-state index contributed by atoms with van der Waals surface area (Å²) in [6.45, 7) is 0. The number of hydrazine groups is 1. The van der Waals surface area contributed by atoms with E-state index in [1.165, 1.54) is 5.69 Å². The largest absolute Gasteiger partial charge is 0.273 e. The Hall–Kier alpha value is -2.31. The van der Waals surface area contributed by atoms with Crippen molar-refractivity contribution < 1.29 is 0 Å². The van der Waals surface area contributed by atoms with Crippen molar-refractivity contribution in [3.05, 3.63) is 54.1 Å². The molecule has 0 spiro atoms. The molecule has 3 rings (SSSR count). The molecule has 0 saturated heterocycles. The van der Waals surface area contributed by atoms with Crippen LogP contribution in [-0.4, -0.2) is 19.7 Å². The molecule has 21 heavy (non-hydrogen) atoms. The Morgan fingerprint density at radius 3 is 2.76 bits per heavy atom. The van der Waals surface area contributed by atoms with Crippen LogP contribution in [0.25, 0.3) is 11.0 Å². The van der Waals surface area contributed by atoms with Gasteiger partial charge in [-0.3, -0.25) is 20.9 Å². The van der Waals surface area contributed by atoms with Crippen LogP contribution in [0.5, 0.6) is 0 Å². The number of fused-ring (bicyclic) bond motifs is 1. The van der Waals surface area contributed by atoms with Gasteiger partial charge >= 0.3 is 0 Å². The molecule has 0 aliphatic carbocycles. The van der Waals surface area contributed by atoms with E-state index in [9.17, 15) is 0 Å². The lowest BCUT2D eigenvalue weighted by atomic mass is 10.1. The number of hydrogen-bond donors (Lipinski definition) is 2. The lowest BCUT2D eigenvalue weighted by Gasteiger charge is -2.15. The Bertz CT molecular complexity index is 736. The Kier molecular flexibility index (Phi) is 3.89. The molecule has 1 unspecified atom stereocenters. The fourth-order valence-corrected chi connectivity index (χ4v) is 2.39. The van der Waals surface area contributed by atoms with Crippen molar-refractivity contribution in [1.82, 2.24) is 25.2 Å². The zero-order valence-corrected chi connectivity index (χ0v) is 11.9. The van der Waals surface area contributed by atoms with Gasteiger partial charge in [-0.05, 0) is 31.0 Å². The number of rotatable bonds is 5. The molecule has 1 aromatic carbocycles. The minimum absolute atomic E-state index is 0.0305. The summed E-state index contributed by atoms with van der Waals surface area (Å²) in [5.41, 5.74) is 6.64. The smallest absolute Gasteiger partial charge is 0.0890 e. The second-order valence-electron chi connectivity index (χ2n) is 4.99. The first-order valence-corrected chi connectivity index (χ1v) is 6.92. The Labute approximate surface area is 123 Å². The second-order valence-corrected chi connectivity index (χ2v) is 4.99. The zero-order valence-electron chi connectivity index (χ0n) is 11.9. The zero-order chi connectivity index (χ0) is 14.7. The third-order valence-electron chi connectivity index (χ3n) is 3.64. The fraction of sp³-hybridized carbons (Fsp3) is 0.267. The quantitative estimate of drug-likeness (QED) is 0.547. The topological polar surface area (TPSA) is 81.7 Å². The van der Waals surface area contributed by atoms with Gasteiger partial charge in [0.2, 0.25) is 0 Å². The van der Waals surface area contributed by atoms with Crippen LogP contribution in [0.1, 0.15) is 23.9 Å². The Morgan fingerprint density at radius 2 is 2.05 bits per heavy atom. The van der Waals surface area contributed by atoms with Crippen LogP contribution in [0.4, 0.5) is 0 Å². The van der Waals surface area contributed by atoms with Crippen LogP contribution >= 0.6 is 0 Å². The van der Waals surface area contributed by atoms with Crippen LogP contribution in [0, 0.1) is 0 Å². The number of aromatic nitrogens is 4. The Morgan fingerprint density at radius 1 is 1.24 bits per heavy atom. The van der Waals surface area contributed by atoms with Gasteiger partial charge in [0.25, 0.3) is 0 Å². The lowest BCUT2D eigenvalue weighted by molar-refractivity contribution is 0.496. The van der Waals surface area contributed by atoms with Gasteiger partial charge in [-0.25, -0.2) is 4.98 Å². The van der Waals surface area contributed by atoms with E-state index in [2.05, 4.69) is 20.5 Å². The van der Waals surface area contributed by atoms with Gasteiger partial charge in [-0.2, -0.15) is 5.10 Å². The second kappa shape index (κ2) is 5.99. The summed E-state index contributed by atoms with van der Waals surface area (Å²) in [5, 5.41) is 4.17. The highest BCUT2D eigenvalue weighted by Gasteiger charge is 2.13. The minimum Gasteiger partial charge on any atom is -0.273 e. The van der Waals surface area contributed by atoms with Crippen LogP contribution in [0.3, 0.4) is 0 Å². The lowest BCUT2D eigenvalue weighted by Crippen LogP contribution is -2.29. The summed E-state index contributed by atoms with van der Waals surface area (Å²) in [6.07, 6.45) is 5.30. The number of aryl methyl sites for hydroxylation is 2. The maximum absolute atomic E-state index is 5.69. The summed E-state index contributed by atoms with van der Waals surface area (Å²) in [7, 11) is 1.94. The minimum atomic E-state index is -0.0305. The van der Waals surface area contributed by atoms with Crippen molar-refractivity contribution in [2.45, 2.75) is 18.9 Å². The third-order valence-corrected chi connectivity index (χ3v) is 3.64. The summed E-state index contributed by atoms with van der Waals surface area (Å²) >= 11 is 0. The number of nitrogens with zero attached hydrogens (tertiary/aromatic N) is 4. The number of para-hydroxylation sites is 2. The summed E-state index contributed by atoms with van der Waals surface area (Å²) in [6, 6.07) is 9.81. The first kappa shape index (κ1) is 13.7. The third kappa shape index (κ3) is 2.91. The first-order valence-electron chi connectivity index (χ1n) is 6.92. The van der Waals surface area contributed by atoms with Crippen LogP contribution < -0.4 is 11.3 Å². The molecule has 2 aromatic heterocycles. The average molecular weight is 282 g/mol. The van der Waals surface area contributed by atoms with Crippen molar-refractivity contribution in [1.29, 1.82) is 0 Å². The van der Waals surface area contributed by atoms with Crippen LogP contribution in [-0.2, 0) is 13.5 Å². The van der Waals surface area contributed by atoms with Crippen LogP contribution in [0.2, 0.25) is 0 Å². The first-order chi connectivity index (χ1) is 10.3. The fourth-order valence-electron chi connectivity index (χ4n) is 2.39. The molecular weight excluding hydrogens is 264 g/mol. The molecule has 6 nitrogen and oxygen atoms in total. The molecule has 0 fully saturated rings. The van der Waals surface area contributed by atoms with E-state index < -0.39 is 0 Å². The van der Waals surface area contributed by atoms with Gasteiger partial charge in [-0.1, -0.05) is 12.1 Å². The molecule has 0 amide bonds. The molecule has 3 aromatic rings. The average Bonchev–Trinajstić information content (AvgIpc) is 2.93. The van der Waals surface area contributed by atoms with Crippen molar-refractivity contribution in [3.63, 3.8) is 0 Å². The molecule has 108 valence electrons. The van der Waals surface area contributed by atoms with Gasteiger partial charge in [0, 0.05) is 18.9 Å². The van der Waals surface area contributed by atoms with E-state index in [1.807, 2.05) is 42.1 Å². The number of hydrogen-bond acceptors (Lipinski definition) is 5. The summed E-state index contributed by atoms with van der Waals surface area (Å²) in [5.74, 6) is 5.69. The maximum atomic E-state index is 5.69. The maximum Gasteiger partial charge on any atom is 0.0890 e. The number of benzene rings is 1. The predicted octanol–water partition coefficient (Wildman–Crippen LogP) is 1.50. The van der Waals surface area contributed by atoms with Gasteiger partial charge in [-0.15, -0.1) is 0 Å². The highest BCUT2D eigenvalue weighted by Crippen LogP contribution is 2.18. The predicted molar refractivity (Wildman–Crippen MR) is 81.1 cm³/mol. The van der Waals surface area contributed by atoms with E-state index in [1.54, 1.807) is 12.4 Å². The molecule has 1 atom stereocenters. The highest BCUT2D eigenvalue weighted by atomic mass is 15.3. The van der Waals surface area contributed by atoms with Gasteiger partial charge in [0.15, 0.2) is 0 Å². The van der Waals surface area contributed by atoms with Crippen LogP contribution in [0.15, 0.2) is 42.7 Å². The molecule has 0 saturated carbocycles. The van der Waals surface area contributed by atoms with Gasteiger partial charge in [0.05, 0.1) is 29.0 Å². The molecule has 0 aliphatic rings. The van der Waals surface area contributed by atoms with Gasteiger partial charge < -0.3 is 0 Å². The van der Waals surface area contributed by atoms with Gasteiger partial charge in [0.1, 0.15) is 0 Å². The molecule has 2 heterocycles. The summed E-state index contributed by atoms with van der Waals surface area (Å²) < 4.78 is 1.87. The van der Waals surface area contributed by atoms with E-state index in [0.717, 1.165) is 29.6 Å². The number of nitrogens with one attached hydrogen (secondary N) is 1. The van der Waals surface area contributed by atoms with E-state index >= 15 is 0 Å². The molecule has 0 bridgehead atoms. The monoisotopic (exact) mass is 282 g/mol. The van der Waals surface area contributed by atoms with Crippen molar-refractivity contribution in [3.8, 4) is 0 Å². The molecule has 0 radical (unpaired) electrons.